The van der Waals surface area contributed by atoms with Gasteiger partial charge < -0.3 is 9.64 Å². The van der Waals surface area contributed by atoms with Gasteiger partial charge in [0.25, 0.3) is 0 Å². The lowest BCUT2D eigenvalue weighted by molar-refractivity contribution is 0.0338. The molecule has 0 aliphatic carbocycles. The molecule has 2 aliphatic rings. The molecule has 0 amide bonds. The van der Waals surface area contributed by atoms with Gasteiger partial charge in [-0.05, 0) is 31.4 Å². The number of hydrogen-bond acceptors (Lipinski definition) is 5. The van der Waals surface area contributed by atoms with Gasteiger partial charge in [-0.15, -0.1) is 0 Å². The molecule has 4 rings (SSSR count). The molecule has 6 heteroatoms. The zero-order valence-electron chi connectivity index (χ0n) is 13.8. The van der Waals surface area contributed by atoms with Gasteiger partial charge in [-0.25, -0.2) is 14.4 Å². The van der Waals surface area contributed by atoms with Gasteiger partial charge in [0.15, 0.2) is 0 Å². The summed E-state index contributed by atoms with van der Waals surface area (Å²) in [6, 6.07) is 5.42. The summed E-state index contributed by atoms with van der Waals surface area (Å²) >= 11 is 0. The number of rotatable bonds is 3. The molecular weight excluding hydrogens is 307 g/mol. The minimum Gasteiger partial charge on any atom is -0.379 e. The number of morpholine rings is 1. The highest BCUT2D eigenvalue weighted by atomic mass is 19.1. The SMILES string of the molecule is Fc1cccc2ncnc(N3CCCC[C@@H]3CN3CCOCC3)c12. The lowest BCUT2D eigenvalue weighted by Gasteiger charge is -2.40. The fourth-order valence-corrected chi connectivity index (χ4v) is 3.82. The van der Waals surface area contributed by atoms with Gasteiger partial charge in [-0.3, -0.25) is 4.90 Å². The maximum atomic E-state index is 14.5. The molecule has 1 aromatic carbocycles. The molecule has 2 aromatic rings. The van der Waals surface area contributed by atoms with Gasteiger partial charge in [0.1, 0.15) is 18.0 Å². The summed E-state index contributed by atoms with van der Waals surface area (Å²) in [6.45, 7) is 5.47. The Morgan fingerprint density at radius 1 is 1.12 bits per heavy atom. The van der Waals surface area contributed by atoms with Crippen LogP contribution in [-0.2, 0) is 4.74 Å². The van der Waals surface area contributed by atoms with Gasteiger partial charge in [0, 0.05) is 32.2 Å². The summed E-state index contributed by atoms with van der Waals surface area (Å²) in [5, 5.41) is 0.550. The number of halogens is 1. The van der Waals surface area contributed by atoms with E-state index in [2.05, 4.69) is 19.8 Å². The minimum absolute atomic E-state index is 0.237. The molecule has 0 saturated carbocycles. The number of piperidine rings is 1. The molecule has 2 saturated heterocycles. The highest BCUT2D eigenvalue weighted by Gasteiger charge is 2.28. The van der Waals surface area contributed by atoms with Crippen LogP contribution in [0.15, 0.2) is 24.5 Å². The van der Waals surface area contributed by atoms with E-state index < -0.39 is 0 Å². The van der Waals surface area contributed by atoms with Gasteiger partial charge in [0.2, 0.25) is 0 Å². The summed E-state index contributed by atoms with van der Waals surface area (Å²) in [5.41, 5.74) is 0.677. The summed E-state index contributed by atoms with van der Waals surface area (Å²) < 4.78 is 19.9. The van der Waals surface area contributed by atoms with Crippen molar-refractivity contribution in [3.05, 3.63) is 30.3 Å². The maximum absolute atomic E-state index is 14.5. The van der Waals surface area contributed by atoms with Crippen LogP contribution in [0.3, 0.4) is 0 Å². The molecule has 5 nitrogen and oxygen atoms in total. The van der Waals surface area contributed by atoms with E-state index in [1.165, 1.54) is 12.5 Å². The zero-order chi connectivity index (χ0) is 16.4. The molecule has 0 bridgehead atoms. The third kappa shape index (κ3) is 3.08. The van der Waals surface area contributed by atoms with Crippen molar-refractivity contribution < 1.29 is 9.13 Å². The molecular formula is C18H23FN4O. The van der Waals surface area contributed by atoms with Crippen molar-refractivity contribution >= 4 is 16.7 Å². The van der Waals surface area contributed by atoms with Crippen LogP contribution in [0, 0.1) is 5.82 Å². The van der Waals surface area contributed by atoms with Crippen molar-refractivity contribution in [1.82, 2.24) is 14.9 Å². The smallest absolute Gasteiger partial charge is 0.143 e. The van der Waals surface area contributed by atoms with Crippen molar-refractivity contribution in [2.75, 3.05) is 44.3 Å². The molecule has 0 N–H and O–H groups in total. The topological polar surface area (TPSA) is 41.5 Å². The number of nitrogens with zero attached hydrogens (tertiary/aromatic N) is 4. The number of anilines is 1. The molecule has 0 spiro atoms. The number of aromatic nitrogens is 2. The van der Waals surface area contributed by atoms with Crippen LogP contribution >= 0.6 is 0 Å². The minimum atomic E-state index is -0.237. The Hall–Kier alpha value is -1.79. The van der Waals surface area contributed by atoms with E-state index >= 15 is 0 Å². The van der Waals surface area contributed by atoms with Gasteiger partial charge in [0.05, 0.1) is 24.1 Å². The van der Waals surface area contributed by atoms with Crippen LogP contribution in [0.4, 0.5) is 10.2 Å². The Morgan fingerprint density at radius 3 is 2.88 bits per heavy atom. The fraction of sp³-hybridized carbons (Fsp3) is 0.556. The van der Waals surface area contributed by atoms with Gasteiger partial charge in [-0.1, -0.05) is 6.07 Å². The second kappa shape index (κ2) is 6.99. The standard InChI is InChI=1S/C18H23FN4O/c19-15-5-3-6-16-17(15)18(21-13-20-16)23-7-2-1-4-14(23)12-22-8-10-24-11-9-22/h3,5-6,13-14H,1-2,4,7-12H2/t14-/m1/s1. The summed E-state index contributed by atoms with van der Waals surface area (Å²) in [6.07, 6.45) is 5.02. The molecule has 1 atom stereocenters. The number of ether oxygens (including phenoxy) is 1. The maximum Gasteiger partial charge on any atom is 0.143 e. The first-order valence-electron chi connectivity index (χ1n) is 8.79. The third-order valence-electron chi connectivity index (χ3n) is 5.06. The van der Waals surface area contributed by atoms with Crippen molar-refractivity contribution in [2.24, 2.45) is 0 Å². The van der Waals surface area contributed by atoms with E-state index in [0.717, 1.165) is 58.1 Å². The summed E-state index contributed by atoms with van der Waals surface area (Å²) in [7, 11) is 0. The van der Waals surface area contributed by atoms with Crippen LogP contribution in [0.1, 0.15) is 19.3 Å². The zero-order valence-corrected chi connectivity index (χ0v) is 13.8. The summed E-state index contributed by atoms with van der Waals surface area (Å²) in [4.78, 5) is 13.4. The number of benzene rings is 1. The van der Waals surface area contributed by atoms with Crippen molar-refractivity contribution in [3.8, 4) is 0 Å². The van der Waals surface area contributed by atoms with E-state index in [0.29, 0.717) is 16.9 Å². The highest BCUT2D eigenvalue weighted by Crippen LogP contribution is 2.30. The molecule has 128 valence electrons. The molecule has 24 heavy (non-hydrogen) atoms. The molecule has 3 heterocycles. The first-order chi connectivity index (χ1) is 11.8. The Labute approximate surface area is 141 Å². The van der Waals surface area contributed by atoms with Gasteiger partial charge in [-0.2, -0.15) is 0 Å². The van der Waals surface area contributed by atoms with Crippen LogP contribution in [0.5, 0.6) is 0 Å². The molecule has 2 fully saturated rings. The Balaban J connectivity index is 1.65. The van der Waals surface area contributed by atoms with Crippen molar-refractivity contribution in [2.45, 2.75) is 25.3 Å². The van der Waals surface area contributed by atoms with E-state index in [9.17, 15) is 4.39 Å². The summed E-state index contributed by atoms with van der Waals surface area (Å²) in [5.74, 6) is 0.509. The van der Waals surface area contributed by atoms with E-state index in [4.69, 9.17) is 4.74 Å². The first kappa shape index (κ1) is 15.7. The third-order valence-corrected chi connectivity index (χ3v) is 5.06. The first-order valence-corrected chi connectivity index (χ1v) is 8.79. The lowest BCUT2D eigenvalue weighted by atomic mass is 10.0. The predicted octanol–water partition coefficient (Wildman–Crippen LogP) is 2.46. The second-order valence-electron chi connectivity index (χ2n) is 6.59. The van der Waals surface area contributed by atoms with Crippen LogP contribution in [0.2, 0.25) is 0 Å². The van der Waals surface area contributed by atoms with E-state index in [1.54, 1.807) is 12.4 Å². The van der Waals surface area contributed by atoms with Crippen LogP contribution < -0.4 is 4.90 Å². The molecule has 2 aliphatic heterocycles. The normalized spacial score (nSPS) is 22.9. The largest absolute Gasteiger partial charge is 0.379 e. The predicted molar refractivity (Wildman–Crippen MR) is 91.7 cm³/mol. The van der Waals surface area contributed by atoms with Gasteiger partial charge >= 0.3 is 0 Å². The molecule has 0 radical (unpaired) electrons. The van der Waals surface area contributed by atoms with Crippen molar-refractivity contribution in [3.63, 3.8) is 0 Å². The lowest BCUT2D eigenvalue weighted by Crippen LogP contribution is -2.49. The number of fused-ring (bicyclic) bond motifs is 1. The van der Waals surface area contributed by atoms with Crippen LogP contribution in [-0.4, -0.2) is 60.3 Å². The highest BCUT2D eigenvalue weighted by molar-refractivity contribution is 5.90. The quantitative estimate of drug-likeness (QED) is 0.865. The van der Waals surface area contributed by atoms with Crippen molar-refractivity contribution in [1.29, 1.82) is 0 Å². The Morgan fingerprint density at radius 2 is 2.00 bits per heavy atom. The average molecular weight is 330 g/mol. The fourth-order valence-electron chi connectivity index (χ4n) is 3.82. The van der Waals surface area contributed by atoms with E-state index in [1.807, 2.05) is 6.07 Å². The monoisotopic (exact) mass is 330 g/mol. The Bertz CT molecular complexity index is 699. The number of hydrogen-bond donors (Lipinski definition) is 0. The second-order valence-corrected chi connectivity index (χ2v) is 6.59. The Kier molecular flexibility index (Phi) is 4.58. The van der Waals surface area contributed by atoms with E-state index in [-0.39, 0.29) is 5.82 Å². The molecule has 0 unspecified atom stereocenters. The molecule has 1 aromatic heterocycles. The average Bonchev–Trinajstić information content (AvgIpc) is 2.63. The van der Waals surface area contributed by atoms with Crippen LogP contribution in [0.25, 0.3) is 10.9 Å².